The maximum atomic E-state index is 9.30. The first-order valence-corrected chi connectivity index (χ1v) is 5.73. The molecule has 3 nitrogen and oxygen atoms in total. The van der Waals surface area contributed by atoms with Crippen molar-refractivity contribution in [3.63, 3.8) is 0 Å². The highest BCUT2D eigenvalue weighted by Crippen LogP contribution is 2.39. The molecule has 0 spiro atoms. The maximum Gasteiger partial charge on any atom is 0.177 e. The van der Waals surface area contributed by atoms with Gasteiger partial charge in [0, 0.05) is 12.1 Å². The van der Waals surface area contributed by atoms with Crippen molar-refractivity contribution >= 4 is 11.6 Å². The van der Waals surface area contributed by atoms with Crippen LogP contribution in [0.3, 0.4) is 0 Å². The van der Waals surface area contributed by atoms with E-state index in [2.05, 4.69) is 6.58 Å². The average molecular weight is 261 g/mol. The fraction of sp³-hybridized carbons (Fsp3) is 0.286. The van der Waals surface area contributed by atoms with Crippen molar-refractivity contribution in [2.24, 2.45) is 5.41 Å². The van der Waals surface area contributed by atoms with Crippen molar-refractivity contribution in [3.8, 4) is 12.1 Å². The zero-order chi connectivity index (χ0) is 13.6. The Morgan fingerprint density at radius 3 is 2.33 bits per heavy atom. The van der Waals surface area contributed by atoms with Crippen LogP contribution in [-0.4, -0.2) is 7.11 Å². The molecule has 0 N–H and O–H groups in total. The Kier molecular flexibility index (Phi) is 4.92. The van der Waals surface area contributed by atoms with Crippen LogP contribution in [0.4, 0.5) is 0 Å². The number of hydrogen-bond donors (Lipinski definition) is 0. The molecule has 1 aromatic carbocycles. The predicted octanol–water partition coefficient (Wildman–Crippen LogP) is 3.64. The molecule has 0 radical (unpaired) electrons. The molecular formula is C14H13ClN2O. The molecule has 0 saturated heterocycles. The molecule has 1 unspecified atom stereocenters. The Hall–Kier alpha value is -1.81. The van der Waals surface area contributed by atoms with Crippen LogP contribution < -0.4 is 0 Å². The number of rotatable bonds is 5. The number of methoxy groups -OCH3 is 1. The molecule has 1 atom stereocenters. The molecule has 92 valence electrons. The highest BCUT2D eigenvalue weighted by atomic mass is 35.5. The van der Waals surface area contributed by atoms with Crippen LogP contribution in [-0.2, 0) is 4.74 Å². The second-order valence-electron chi connectivity index (χ2n) is 3.86. The smallest absolute Gasteiger partial charge is 0.177 e. The summed E-state index contributed by atoms with van der Waals surface area (Å²) in [6.07, 6.45) is 1.15. The quantitative estimate of drug-likeness (QED) is 0.760. The Bertz CT molecular complexity index is 482. The van der Waals surface area contributed by atoms with E-state index in [1.165, 1.54) is 7.11 Å². The zero-order valence-corrected chi connectivity index (χ0v) is 10.8. The van der Waals surface area contributed by atoms with Crippen molar-refractivity contribution in [2.45, 2.75) is 12.5 Å². The van der Waals surface area contributed by atoms with Gasteiger partial charge in [-0.1, -0.05) is 29.8 Å². The summed E-state index contributed by atoms with van der Waals surface area (Å²) in [6, 6.07) is 11.0. The number of nitriles is 2. The first-order chi connectivity index (χ1) is 8.63. The second-order valence-corrected chi connectivity index (χ2v) is 4.29. The minimum absolute atomic E-state index is 0.237. The molecule has 1 aromatic rings. The summed E-state index contributed by atoms with van der Waals surface area (Å²) in [6.45, 7) is 3.59. The first-order valence-electron chi connectivity index (χ1n) is 5.35. The number of ether oxygens (including phenoxy) is 1. The number of benzene rings is 1. The van der Waals surface area contributed by atoms with Crippen molar-refractivity contribution in [1.82, 2.24) is 0 Å². The summed E-state index contributed by atoms with van der Waals surface area (Å²) in [5.74, 6) is 0. The van der Waals surface area contributed by atoms with E-state index in [1.807, 2.05) is 12.1 Å². The van der Waals surface area contributed by atoms with Gasteiger partial charge in [0.1, 0.15) is 6.10 Å². The van der Waals surface area contributed by atoms with Gasteiger partial charge in [-0.3, -0.25) is 0 Å². The fourth-order valence-corrected chi connectivity index (χ4v) is 1.95. The van der Waals surface area contributed by atoms with Crippen LogP contribution in [0.25, 0.3) is 0 Å². The van der Waals surface area contributed by atoms with Gasteiger partial charge in [-0.15, -0.1) is 6.58 Å². The fourth-order valence-electron chi connectivity index (χ4n) is 1.83. The van der Waals surface area contributed by atoms with Gasteiger partial charge < -0.3 is 4.74 Å². The van der Waals surface area contributed by atoms with Crippen molar-refractivity contribution in [3.05, 3.63) is 47.5 Å². The van der Waals surface area contributed by atoms with Gasteiger partial charge in [-0.25, -0.2) is 0 Å². The highest BCUT2D eigenvalue weighted by molar-refractivity contribution is 6.30. The molecule has 1 rings (SSSR count). The van der Waals surface area contributed by atoms with E-state index < -0.39 is 11.5 Å². The van der Waals surface area contributed by atoms with Crippen LogP contribution in [0, 0.1) is 28.1 Å². The van der Waals surface area contributed by atoms with E-state index in [-0.39, 0.29) is 6.42 Å². The lowest BCUT2D eigenvalue weighted by Crippen LogP contribution is -2.26. The standard InChI is InChI=1S/C14H13ClN2O/c1-3-8-14(9-16,10-17)13(18-2)11-4-6-12(15)7-5-11/h3-7,13H,1,8H2,2H3. The molecule has 0 saturated carbocycles. The molecule has 0 aliphatic heterocycles. The zero-order valence-electron chi connectivity index (χ0n) is 10.1. The Balaban J connectivity index is 3.23. The van der Waals surface area contributed by atoms with Crippen molar-refractivity contribution in [1.29, 1.82) is 10.5 Å². The van der Waals surface area contributed by atoms with Crippen LogP contribution in [0.15, 0.2) is 36.9 Å². The van der Waals surface area contributed by atoms with E-state index in [9.17, 15) is 10.5 Å². The second kappa shape index (κ2) is 6.21. The van der Waals surface area contributed by atoms with Crippen LogP contribution in [0.1, 0.15) is 18.1 Å². The molecular weight excluding hydrogens is 248 g/mol. The number of nitrogens with zero attached hydrogens (tertiary/aromatic N) is 2. The lowest BCUT2D eigenvalue weighted by atomic mass is 9.78. The van der Waals surface area contributed by atoms with Gasteiger partial charge in [0.15, 0.2) is 5.41 Å². The number of halogens is 1. The predicted molar refractivity (Wildman–Crippen MR) is 69.7 cm³/mol. The average Bonchev–Trinajstić information content (AvgIpc) is 2.40. The molecule has 0 aliphatic carbocycles. The Labute approximate surface area is 112 Å². The van der Waals surface area contributed by atoms with Gasteiger partial charge in [-0.2, -0.15) is 10.5 Å². The number of allylic oxidation sites excluding steroid dienone is 1. The molecule has 0 aromatic heterocycles. The van der Waals surface area contributed by atoms with E-state index in [0.29, 0.717) is 5.02 Å². The van der Waals surface area contributed by atoms with Crippen LogP contribution in [0.5, 0.6) is 0 Å². The van der Waals surface area contributed by atoms with Gasteiger partial charge in [0.2, 0.25) is 0 Å². The lowest BCUT2D eigenvalue weighted by molar-refractivity contribution is 0.0434. The molecule has 18 heavy (non-hydrogen) atoms. The number of hydrogen-bond acceptors (Lipinski definition) is 3. The van der Waals surface area contributed by atoms with Crippen LogP contribution in [0.2, 0.25) is 5.02 Å². The minimum Gasteiger partial charge on any atom is -0.374 e. The summed E-state index contributed by atoms with van der Waals surface area (Å²) in [4.78, 5) is 0. The summed E-state index contributed by atoms with van der Waals surface area (Å²) < 4.78 is 5.34. The SMILES string of the molecule is C=CCC(C#N)(C#N)C(OC)c1ccc(Cl)cc1. The topological polar surface area (TPSA) is 56.8 Å². The highest BCUT2D eigenvalue weighted by Gasteiger charge is 2.40. The van der Waals surface area contributed by atoms with Crippen LogP contribution >= 0.6 is 11.6 Å². The van der Waals surface area contributed by atoms with Gasteiger partial charge >= 0.3 is 0 Å². The molecule has 0 amide bonds. The van der Waals surface area contributed by atoms with E-state index >= 15 is 0 Å². The summed E-state index contributed by atoms with van der Waals surface area (Å²) in [7, 11) is 1.48. The van der Waals surface area contributed by atoms with Crippen molar-refractivity contribution in [2.75, 3.05) is 7.11 Å². The molecule has 4 heteroatoms. The first kappa shape index (κ1) is 14.3. The van der Waals surface area contributed by atoms with E-state index in [0.717, 1.165) is 5.56 Å². The summed E-state index contributed by atoms with van der Waals surface area (Å²) >= 11 is 5.82. The van der Waals surface area contributed by atoms with Gasteiger partial charge in [0.05, 0.1) is 12.1 Å². The molecule has 0 fully saturated rings. The third kappa shape index (κ3) is 2.71. The monoisotopic (exact) mass is 260 g/mol. The third-order valence-electron chi connectivity index (χ3n) is 2.72. The lowest BCUT2D eigenvalue weighted by Gasteiger charge is -2.27. The van der Waals surface area contributed by atoms with Crippen molar-refractivity contribution < 1.29 is 4.74 Å². The minimum atomic E-state index is -1.27. The Morgan fingerprint density at radius 2 is 1.94 bits per heavy atom. The van der Waals surface area contributed by atoms with E-state index in [4.69, 9.17) is 16.3 Å². The maximum absolute atomic E-state index is 9.30. The Morgan fingerprint density at radius 1 is 1.39 bits per heavy atom. The largest absolute Gasteiger partial charge is 0.374 e. The summed E-state index contributed by atoms with van der Waals surface area (Å²) in [5.41, 5.74) is -0.531. The third-order valence-corrected chi connectivity index (χ3v) is 2.97. The normalized spacial score (nSPS) is 12.2. The van der Waals surface area contributed by atoms with Gasteiger partial charge in [0.25, 0.3) is 0 Å². The summed E-state index contributed by atoms with van der Waals surface area (Å²) in [5, 5.41) is 19.2. The van der Waals surface area contributed by atoms with Gasteiger partial charge in [-0.05, 0) is 24.1 Å². The molecule has 0 aliphatic rings. The molecule has 0 bridgehead atoms. The molecule has 0 heterocycles. The van der Waals surface area contributed by atoms with E-state index in [1.54, 1.807) is 30.3 Å².